The largest absolute Gasteiger partial charge is 0.468 e. The number of carbonyl (C=O) groups is 1. The first-order valence-corrected chi connectivity index (χ1v) is 6.22. The average Bonchev–Trinajstić information content (AvgIpc) is 2.92. The Morgan fingerprint density at radius 1 is 1.46 bits per heavy atom. The van der Waals surface area contributed by atoms with Gasteiger partial charge in [0.1, 0.15) is 6.04 Å². The zero-order valence-corrected chi connectivity index (χ0v) is 9.12. The van der Waals surface area contributed by atoms with Crippen molar-refractivity contribution < 1.29 is 9.53 Å². The lowest BCUT2D eigenvalue weighted by molar-refractivity contribution is -0.146. The molecule has 0 amide bonds. The summed E-state index contributed by atoms with van der Waals surface area (Å²) >= 11 is 0. The van der Waals surface area contributed by atoms with Crippen molar-refractivity contribution in [3.8, 4) is 0 Å². The lowest BCUT2D eigenvalue weighted by atomic mass is 10.1. The van der Waals surface area contributed by atoms with Gasteiger partial charge in [-0.2, -0.15) is 0 Å². The van der Waals surface area contributed by atoms with Crippen molar-refractivity contribution in [2.45, 2.75) is 18.9 Å². The molecule has 0 bridgehead atoms. The van der Waals surface area contributed by atoms with Gasteiger partial charge in [-0.05, 0) is 31.3 Å². The van der Waals surface area contributed by atoms with Gasteiger partial charge in [-0.15, -0.1) is 0 Å². The van der Waals surface area contributed by atoms with E-state index in [1.807, 2.05) is 0 Å². The average molecular weight is 201 g/mol. The second-order valence-corrected chi connectivity index (χ2v) is 4.93. The first-order valence-electron chi connectivity index (χ1n) is 4.78. The zero-order chi connectivity index (χ0) is 9.42. The van der Waals surface area contributed by atoms with E-state index in [0.717, 1.165) is 33.5 Å². The van der Waals surface area contributed by atoms with Crippen molar-refractivity contribution >= 4 is 14.7 Å². The normalized spacial score (nSPS) is 39.1. The molecule has 4 unspecified atom stereocenters. The molecule has 74 valence electrons. The highest BCUT2D eigenvalue weighted by Gasteiger charge is 2.47. The van der Waals surface area contributed by atoms with Gasteiger partial charge in [0.05, 0.1) is 7.11 Å². The molecule has 0 N–H and O–H groups in total. The first kappa shape index (κ1) is 9.42. The van der Waals surface area contributed by atoms with Crippen LogP contribution in [0.3, 0.4) is 0 Å². The van der Waals surface area contributed by atoms with Crippen LogP contribution in [0.5, 0.6) is 0 Å². The van der Waals surface area contributed by atoms with Crippen molar-refractivity contribution in [3.63, 3.8) is 0 Å². The van der Waals surface area contributed by atoms with E-state index >= 15 is 0 Å². The van der Waals surface area contributed by atoms with E-state index in [9.17, 15) is 4.79 Å². The van der Waals surface area contributed by atoms with Crippen LogP contribution in [-0.4, -0.2) is 37.0 Å². The van der Waals surface area contributed by atoms with Crippen LogP contribution >= 0.6 is 8.73 Å². The van der Waals surface area contributed by atoms with Crippen molar-refractivity contribution in [2.24, 2.45) is 11.8 Å². The molecule has 0 aromatic carbocycles. The summed E-state index contributed by atoms with van der Waals surface area (Å²) < 4.78 is 7.09. The van der Waals surface area contributed by atoms with Crippen molar-refractivity contribution in [1.29, 1.82) is 0 Å². The van der Waals surface area contributed by atoms with E-state index < -0.39 is 0 Å². The monoisotopic (exact) mass is 201 g/mol. The number of rotatable bonds is 2. The fraction of sp³-hybridized carbons (Fsp3) is 0.889. The molecule has 1 heterocycles. The van der Waals surface area contributed by atoms with Gasteiger partial charge in [0.2, 0.25) is 0 Å². The predicted molar refractivity (Wildman–Crippen MR) is 53.0 cm³/mol. The Morgan fingerprint density at radius 2 is 2.23 bits per heavy atom. The molecule has 0 radical (unpaired) electrons. The van der Waals surface area contributed by atoms with Gasteiger partial charge in [-0.1, -0.05) is 8.73 Å². The molecular formula is C9H16NO2P. The van der Waals surface area contributed by atoms with E-state index in [4.69, 9.17) is 4.74 Å². The number of hydrogen-bond acceptors (Lipinski definition) is 3. The highest BCUT2D eigenvalue weighted by Crippen LogP contribution is 2.49. The molecule has 2 rings (SSSR count). The Kier molecular flexibility index (Phi) is 2.57. The Bertz CT molecular complexity index is 222. The van der Waals surface area contributed by atoms with Gasteiger partial charge < -0.3 is 4.74 Å². The number of methoxy groups -OCH3 is 1. The summed E-state index contributed by atoms with van der Waals surface area (Å²) in [7, 11) is 2.21. The van der Waals surface area contributed by atoms with Gasteiger partial charge in [0.25, 0.3) is 0 Å². The highest BCUT2D eigenvalue weighted by molar-refractivity contribution is 7.34. The molecular weight excluding hydrogens is 185 g/mol. The van der Waals surface area contributed by atoms with Gasteiger partial charge in [0.15, 0.2) is 0 Å². The van der Waals surface area contributed by atoms with E-state index in [-0.39, 0.29) is 12.0 Å². The lowest BCUT2D eigenvalue weighted by Crippen LogP contribution is -2.41. The summed E-state index contributed by atoms with van der Waals surface area (Å²) in [5.41, 5.74) is 0. The van der Waals surface area contributed by atoms with Crippen LogP contribution in [0.15, 0.2) is 0 Å². The van der Waals surface area contributed by atoms with Gasteiger partial charge >= 0.3 is 5.97 Å². The van der Waals surface area contributed by atoms with Crippen molar-refractivity contribution in [2.75, 3.05) is 20.3 Å². The third kappa shape index (κ3) is 1.72. The topological polar surface area (TPSA) is 29.5 Å². The fourth-order valence-corrected chi connectivity index (χ4v) is 3.16. The minimum absolute atomic E-state index is 0.0419. The summed E-state index contributed by atoms with van der Waals surface area (Å²) in [5.74, 6) is 1.66. The van der Waals surface area contributed by atoms with Crippen molar-refractivity contribution in [3.05, 3.63) is 0 Å². The van der Waals surface area contributed by atoms with Crippen LogP contribution in [0.25, 0.3) is 0 Å². The van der Waals surface area contributed by atoms with E-state index in [2.05, 4.69) is 11.3 Å². The quantitative estimate of drug-likeness (QED) is 0.495. The molecule has 1 aliphatic carbocycles. The maximum atomic E-state index is 11.4. The molecule has 0 aromatic heterocycles. The second-order valence-electron chi connectivity index (χ2n) is 3.91. The number of ether oxygens (including phenoxy) is 1. The molecule has 1 saturated carbocycles. The Labute approximate surface area is 80.7 Å². The maximum Gasteiger partial charge on any atom is 0.323 e. The summed E-state index contributed by atoms with van der Waals surface area (Å²) in [6.07, 6.45) is 2.35. The predicted octanol–water partition coefficient (Wildman–Crippen LogP) is 1.09. The number of carbonyl (C=O) groups excluding carboxylic acids is 1. The highest BCUT2D eigenvalue weighted by atomic mass is 31.1. The third-order valence-corrected chi connectivity index (χ3v) is 4.23. The molecule has 4 heteroatoms. The molecule has 0 aromatic rings. The summed E-state index contributed by atoms with van der Waals surface area (Å²) in [4.78, 5) is 11.4. The number of hydrogen-bond donors (Lipinski definition) is 0. The zero-order valence-electron chi connectivity index (χ0n) is 8.12. The van der Waals surface area contributed by atoms with Gasteiger partial charge in [-0.25, -0.2) is 0 Å². The summed E-state index contributed by atoms with van der Waals surface area (Å²) in [5, 5.41) is 0. The molecule has 3 nitrogen and oxygen atoms in total. The lowest BCUT2D eigenvalue weighted by Gasteiger charge is -2.31. The summed E-state index contributed by atoms with van der Waals surface area (Å²) in [6.45, 7) is 3.25. The molecule has 2 aliphatic rings. The fourth-order valence-electron chi connectivity index (χ4n) is 2.22. The Balaban J connectivity index is 2.01. The van der Waals surface area contributed by atoms with Crippen LogP contribution in [0.4, 0.5) is 0 Å². The maximum absolute atomic E-state index is 11.4. The van der Waals surface area contributed by atoms with Crippen molar-refractivity contribution in [1.82, 2.24) is 4.67 Å². The minimum atomic E-state index is -0.0419. The third-order valence-electron chi connectivity index (χ3n) is 3.16. The second kappa shape index (κ2) is 3.55. The standard InChI is InChI=1S/C9H16NO2P/c1-12-9(11)8-4-6-3-7(6)5-10(8)13-2/h6-8,13H,3-5H2,1-2H3. The minimum Gasteiger partial charge on any atom is -0.468 e. The molecule has 2 fully saturated rings. The number of esters is 1. The van der Waals surface area contributed by atoms with E-state index in [1.165, 1.54) is 13.5 Å². The Hall–Kier alpha value is -0.140. The Morgan fingerprint density at radius 3 is 2.85 bits per heavy atom. The smallest absolute Gasteiger partial charge is 0.323 e. The number of fused-ring (bicyclic) bond motifs is 1. The molecule has 13 heavy (non-hydrogen) atoms. The molecule has 1 aliphatic heterocycles. The number of piperidine rings is 1. The SMILES string of the molecule is COC(=O)C1CC2CC2CN1PC. The molecule has 1 saturated heterocycles. The van der Waals surface area contributed by atoms with Crippen LogP contribution < -0.4 is 0 Å². The van der Waals surface area contributed by atoms with E-state index in [0.29, 0.717) is 0 Å². The summed E-state index contributed by atoms with van der Waals surface area (Å²) in [6, 6.07) is 0.0529. The van der Waals surface area contributed by atoms with Crippen LogP contribution in [0.1, 0.15) is 12.8 Å². The van der Waals surface area contributed by atoms with Gasteiger partial charge in [-0.3, -0.25) is 9.46 Å². The molecule has 0 spiro atoms. The molecule has 4 atom stereocenters. The van der Waals surface area contributed by atoms with Gasteiger partial charge in [0, 0.05) is 6.54 Å². The van der Waals surface area contributed by atoms with E-state index in [1.54, 1.807) is 0 Å². The van der Waals surface area contributed by atoms with Crippen LogP contribution in [0, 0.1) is 11.8 Å². The van der Waals surface area contributed by atoms with Crippen LogP contribution in [-0.2, 0) is 9.53 Å². The first-order chi connectivity index (χ1) is 6.26. The number of nitrogens with zero attached hydrogens (tertiary/aromatic N) is 1. The van der Waals surface area contributed by atoms with Crippen LogP contribution in [0.2, 0.25) is 0 Å².